The Morgan fingerprint density at radius 1 is 1.27 bits per heavy atom. The fraction of sp³-hybridized carbons (Fsp3) is 1.00. The van der Waals surface area contributed by atoms with Gasteiger partial charge in [-0.25, -0.2) is 0 Å². The summed E-state index contributed by atoms with van der Waals surface area (Å²) in [5.41, 5.74) is 1.28. The Balaban J connectivity index is 2.54. The summed E-state index contributed by atoms with van der Waals surface area (Å²) in [5, 5.41) is 0. The summed E-state index contributed by atoms with van der Waals surface area (Å²) in [4.78, 5) is 0. The topological polar surface area (TPSA) is 0 Å². The molecule has 0 nitrogen and oxygen atoms in total. The van der Waals surface area contributed by atoms with Gasteiger partial charge in [-0.2, -0.15) is 0 Å². The molecule has 1 rings (SSSR count). The molecule has 1 aliphatic rings. The Morgan fingerprint density at radius 2 is 1.82 bits per heavy atom. The van der Waals surface area contributed by atoms with Crippen LogP contribution in [0.25, 0.3) is 0 Å². The Bertz CT molecular complexity index is 146. The lowest BCUT2D eigenvalue weighted by Gasteiger charge is -2.58. The molecule has 0 aliphatic heterocycles. The molecule has 0 radical (unpaired) electrons. The van der Waals surface area contributed by atoms with Gasteiger partial charge in [0, 0.05) is 0 Å². The van der Waals surface area contributed by atoms with Gasteiger partial charge in [0.05, 0.1) is 0 Å². The first-order valence-electron chi connectivity index (χ1n) is 4.92. The Morgan fingerprint density at radius 3 is 2.09 bits per heavy atom. The van der Waals surface area contributed by atoms with E-state index < -0.39 is 0 Å². The van der Waals surface area contributed by atoms with E-state index in [1.54, 1.807) is 0 Å². The number of hydrogen-bond acceptors (Lipinski definition) is 0. The molecule has 11 heavy (non-hydrogen) atoms. The first-order chi connectivity index (χ1) is 4.92. The summed E-state index contributed by atoms with van der Waals surface area (Å²) < 4.78 is 0. The van der Waals surface area contributed by atoms with E-state index in [0.717, 1.165) is 5.92 Å². The standard InChI is InChI=1S/C11H22/c1-6-7-11(5)8-10(3,4)9(11)2/h9H,6-8H2,1-5H3. The summed E-state index contributed by atoms with van der Waals surface area (Å²) >= 11 is 0. The molecule has 0 heterocycles. The van der Waals surface area contributed by atoms with Crippen LogP contribution in [0.3, 0.4) is 0 Å². The summed E-state index contributed by atoms with van der Waals surface area (Å²) in [6.45, 7) is 12.0. The second-order valence-corrected chi connectivity index (χ2v) is 5.29. The normalized spacial score (nSPS) is 41.7. The highest BCUT2D eigenvalue weighted by Crippen LogP contribution is 2.60. The minimum Gasteiger partial charge on any atom is -0.0654 e. The molecule has 0 spiro atoms. The van der Waals surface area contributed by atoms with Gasteiger partial charge < -0.3 is 0 Å². The van der Waals surface area contributed by atoms with E-state index >= 15 is 0 Å². The average molecular weight is 154 g/mol. The number of rotatable bonds is 2. The second-order valence-electron chi connectivity index (χ2n) is 5.29. The molecule has 2 atom stereocenters. The van der Waals surface area contributed by atoms with Gasteiger partial charge in [0.1, 0.15) is 0 Å². The zero-order chi connectivity index (χ0) is 8.70. The largest absolute Gasteiger partial charge is 0.0654 e. The van der Waals surface area contributed by atoms with Gasteiger partial charge in [0.15, 0.2) is 0 Å². The van der Waals surface area contributed by atoms with Crippen LogP contribution in [-0.4, -0.2) is 0 Å². The van der Waals surface area contributed by atoms with Crippen molar-refractivity contribution >= 4 is 0 Å². The van der Waals surface area contributed by atoms with E-state index in [-0.39, 0.29) is 0 Å². The molecule has 2 unspecified atom stereocenters. The van der Waals surface area contributed by atoms with Crippen LogP contribution in [0.5, 0.6) is 0 Å². The third-order valence-electron chi connectivity index (χ3n) is 3.90. The first-order valence-corrected chi connectivity index (χ1v) is 4.92. The molecule has 0 amide bonds. The third kappa shape index (κ3) is 1.32. The van der Waals surface area contributed by atoms with E-state index in [2.05, 4.69) is 34.6 Å². The summed E-state index contributed by atoms with van der Waals surface area (Å²) in [7, 11) is 0. The highest BCUT2D eigenvalue weighted by Gasteiger charge is 2.51. The molecule has 0 aromatic heterocycles. The van der Waals surface area contributed by atoms with Gasteiger partial charge in [-0.15, -0.1) is 0 Å². The molecular weight excluding hydrogens is 132 g/mol. The Kier molecular flexibility index (Phi) is 2.07. The molecule has 0 bridgehead atoms. The van der Waals surface area contributed by atoms with Crippen LogP contribution in [-0.2, 0) is 0 Å². The molecule has 0 aromatic carbocycles. The van der Waals surface area contributed by atoms with Crippen LogP contribution < -0.4 is 0 Å². The zero-order valence-electron chi connectivity index (χ0n) is 8.70. The van der Waals surface area contributed by atoms with Crippen molar-refractivity contribution in [3.8, 4) is 0 Å². The molecule has 0 saturated heterocycles. The maximum atomic E-state index is 2.45. The van der Waals surface area contributed by atoms with Crippen molar-refractivity contribution in [1.29, 1.82) is 0 Å². The first kappa shape index (κ1) is 9.09. The van der Waals surface area contributed by atoms with Gasteiger partial charge >= 0.3 is 0 Å². The van der Waals surface area contributed by atoms with Gasteiger partial charge in [-0.3, -0.25) is 0 Å². The molecule has 66 valence electrons. The lowest BCUT2D eigenvalue weighted by atomic mass is 9.47. The van der Waals surface area contributed by atoms with Crippen LogP contribution in [0.2, 0.25) is 0 Å². The second kappa shape index (κ2) is 2.50. The minimum atomic E-state index is 0.615. The monoisotopic (exact) mass is 154 g/mol. The van der Waals surface area contributed by atoms with Crippen LogP contribution in [0.4, 0.5) is 0 Å². The zero-order valence-corrected chi connectivity index (χ0v) is 8.70. The molecule has 0 N–H and O–H groups in total. The predicted octanol–water partition coefficient (Wildman–Crippen LogP) is 3.86. The fourth-order valence-electron chi connectivity index (χ4n) is 3.04. The van der Waals surface area contributed by atoms with E-state index in [4.69, 9.17) is 0 Å². The molecule has 0 aromatic rings. The molecule has 1 saturated carbocycles. The fourth-order valence-corrected chi connectivity index (χ4v) is 3.04. The van der Waals surface area contributed by atoms with Crippen LogP contribution in [0, 0.1) is 16.7 Å². The highest BCUT2D eigenvalue weighted by molar-refractivity contribution is 5.01. The van der Waals surface area contributed by atoms with E-state index in [1.165, 1.54) is 19.3 Å². The maximum absolute atomic E-state index is 2.45. The van der Waals surface area contributed by atoms with Crippen molar-refractivity contribution in [2.45, 2.75) is 53.9 Å². The van der Waals surface area contributed by atoms with Gasteiger partial charge in [-0.05, 0) is 29.6 Å². The van der Waals surface area contributed by atoms with E-state index in [1.807, 2.05) is 0 Å². The molecule has 1 fully saturated rings. The lowest BCUT2D eigenvalue weighted by Crippen LogP contribution is -2.50. The van der Waals surface area contributed by atoms with Crippen molar-refractivity contribution in [2.75, 3.05) is 0 Å². The van der Waals surface area contributed by atoms with Gasteiger partial charge in [0.25, 0.3) is 0 Å². The van der Waals surface area contributed by atoms with Gasteiger partial charge in [0.2, 0.25) is 0 Å². The average Bonchev–Trinajstić information content (AvgIpc) is 1.86. The smallest absolute Gasteiger partial charge is 0.0290 e. The van der Waals surface area contributed by atoms with E-state index in [0.29, 0.717) is 10.8 Å². The minimum absolute atomic E-state index is 0.615. The van der Waals surface area contributed by atoms with Crippen molar-refractivity contribution < 1.29 is 0 Å². The van der Waals surface area contributed by atoms with Crippen LogP contribution in [0.15, 0.2) is 0 Å². The summed E-state index contributed by atoms with van der Waals surface area (Å²) in [6.07, 6.45) is 4.18. The maximum Gasteiger partial charge on any atom is -0.0290 e. The van der Waals surface area contributed by atoms with Crippen LogP contribution >= 0.6 is 0 Å². The lowest BCUT2D eigenvalue weighted by molar-refractivity contribution is -0.0870. The van der Waals surface area contributed by atoms with Crippen molar-refractivity contribution in [2.24, 2.45) is 16.7 Å². The van der Waals surface area contributed by atoms with E-state index in [9.17, 15) is 0 Å². The molecule has 1 aliphatic carbocycles. The van der Waals surface area contributed by atoms with Gasteiger partial charge in [-0.1, -0.05) is 41.0 Å². The Labute approximate surface area is 71.4 Å². The SMILES string of the molecule is CCCC1(C)CC(C)(C)C1C. The Hall–Kier alpha value is 0. The number of hydrogen-bond donors (Lipinski definition) is 0. The molecular formula is C11H22. The summed E-state index contributed by atoms with van der Waals surface area (Å²) in [5.74, 6) is 0.912. The van der Waals surface area contributed by atoms with Crippen molar-refractivity contribution in [1.82, 2.24) is 0 Å². The molecule has 0 heteroatoms. The summed E-state index contributed by atoms with van der Waals surface area (Å²) in [6, 6.07) is 0. The quantitative estimate of drug-likeness (QED) is 0.566. The third-order valence-corrected chi connectivity index (χ3v) is 3.90. The van der Waals surface area contributed by atoms with Crippen molar-refractivity contribution in [3.63, 3.8) is 0 Å². The highest BCUT2D eigenvalue weighted by atomic mass is 14.6. The predicted molar refractivity (Wildman–Crippen MR) is 50.6 cm³/mol. The van der Waals surface area contributed by atoms with Crippen molar-refractivity contribution in [3.05, 3.63) is 0 Å². The van der Waals surface area contributed by atoms with Crippen LogP contribution in [0.1, 0.15) is 53.9 Å².